The van der Waals surface area contributed by atoms with E-state index in [1.807, 2.05) is 7.05 Å². The lowest BCUT2D eigenvalue weighted by Crippen LogP contribution is -2.46. The summed E-state index contributed by atoms with van der Waals surface area (Å²) < 4.78 is 0. The summed E-state index contributed by atoms with van der Waals surface area (Å²) in [7, 11) is 1.97. The first-order valence-electron chi connectivity index (χ1n) is 7.82. The van der Waals surface area contributed by atoms with Crippen LogP contribution in [-0.2, 0) is 6.54 Å². The third kappa shape index (κ3) is 3.01. The van der Waals surface area contributed by atoms with Crippen molar-refractivity contribution in [2.45, 2.75) is 13.5 Å². The van der Waals surface area contributed by atoms with Crippen molar-refractivity contribution in [2.24, 2.45) is 0 Å². The van der Waals surface area contributed by atoms with E-state index in [1.165, 1.54) is 10.8 Å². The molecule has 3 rings (SSSR count). The lowest BCUT2D eigenvalue weighted by Gasteiger charge is -2.35. The Morgan fingerprint density at radius 3 is 2.62 bits per heavy atom. The van der Waals surface area contributed by atoms with E-state index in [9.17, 15) is 0 Å². The van der Waals surface area contributed by atoms with Gasteiger partial charge in [-0.25, -0.2) is 4.98 Å². The third-order valence-corrected chi connectivity index (χ3v) is 4.25. The smallest absolute Gasteiger partial charge is 0.136 e. The second kappa shape index (κ2) is 6.41. The van der Waals surface area contributed by atoms with Crippen molar-refractivity contribution in [1.29, 1.82) is 0 Å². The monoisotopic (exact) mass is 284 g/mol. The maximum absolute atomic E-state index is 4.91. The van der Waals surface area contributed by atoms with Crippen molar-refractivity contribution >= 4 is 16.6 Å². The second-order valence-electron chi connectivity index (χ2n) is 5.61. The van der Waals surface area contributed by atoms with Crippen molar-refractivity contribution in [3.63, 3.8) is 0 Å². The molecule has 21 heavy (non-hydrogen) atoms. The normalized spacial score (nSPS) is 16.6. The van der Waals surface area contributed by atoms with Crippen LogP contribution in [0.4, 0.5) is 5.82 Å². The Hall–Kier alpha value is -1.65. The Bertz CT molecular complexity index is 603. The van der Waals surface area contributed by atoms with E-state index in [1.54, 1.807) is 0 Å². The van der Waals surface area contributed by atoms with E-state index < -0.39 is 0 Å². The summed E-state index contributed by atoms with van der Waals surface area (Å²) in [5, 5.41) is 5.75. The van der Waals surface area contributed by atoms with Gasteiger partial charge in [0.25, 0.3) is 0 Å². The minimum Gasteiger partial charge on any atom is -0.354 e. The van der Waals surface area contributed by atoms with Gasteiger partial charge in [-0.3, -0.25) is 0 Å². The van der Waals surface area contributed by atoms with Crippen molar-refractivity contribution in [3.8, 4) is 0 Å². The average molecular weight is 284 g/mol. The molecule has 2 aromatic rings. The van der Waals surface area contributed by atoms with E-state index >= 15 is 0 Å². The highest BCUT2D eigenvalue weighted by atomic mass is 15.3. The SMILES string of the molecule is CCN1CCN(c2nc(CNC)cc3ccccc23)CC1. The van der Waals surface area contributed by atoms with Gasteiger partial charge in [0.1, 0.15) is 5.82 Å². The van der Waals surface area contributed by atoms with E-state index in [0.717, 1.165) is 50.8 Å². The number of nitrogens with zero attached hydrogens (tertiary/aromatic N) is 3. The summed E-state index contributed by atoms with van der Waals surface area (Å²) >= 11 is 0. The van der Waals surface area contributed by atoms with E-state index in [2.05, 4.69) is 52.4 Å². The lowest BCUT2D eigenvalue weighted by molar-refractivity contribution is 0.270. The molecule has 4 heteroatoms. The zero-order valence-corrected chi connectivity index (χ0v) is 13.0. The lowest BCUT2D eigenvalue weighted by atomic mass is 10.1. The summed E-state index contributed by atoms with van der Waals surface area (Å²) in [5.74, 6) is 1.15. The Morgan fingerprint density at radius 2 is 1.90 bits per heavy atom. The van der Waals surface area contributed by atoms with Gasteiger partial charge in [-0.05, 0) is 25.0 Å². The van der Waals surface area contributed by atoms with Gasteiger partial charge >= 0.3 is 0 Å². The highest BCUT2D eigenvalue weighted by Gasteiger charge is 2.19. The molecule has 1 aliphatic heterocycles. The number of fused-ring (bicyclic) bond motifs is 1. The largest absolute Gasteiger partial charge is 0.354 e. The molecule has 1 aliphatic rings. The molecule has 1 aromatic carbocycles. The topological polar surface area (TPSA) is 31.4 Å². The number of benzene rings is 1. The van der Waals surface area contributed by atoms with Crippen molar-refractivity contribution in [2.75, 3.05) is 44.7 Å². The minimum atomic E-state index is 0.812. The molecule has 1 fully saturated rings. The van der Waals surface area contributed by atoms with Gasteiger partial charge in [-0.2, -0.15) is 0 Å². The molecule has 2 heterocycles. The van der Waals surface area contributed by atoms with Crippen LogP contribution in [0, 0.1) is 0 Å². The first kappa shape index (κ1) is 14.3. The molecule has 0 amide bonds. The van der Waals surface area contributed by atoms with Gasteiger partial charge in [0.15, 0.2) is 0 Å². The molecule has 112 valence electrons. The van der Waals surface area contributed by atoms with Crippen LogP contribution in [0.2, 0.25) is 0 Å². The molecule has 1 saturated heterocycles. The molecule has 0 bridgehead atoms. The molecule has 0 spiro atoms. The molecule has 0 aliphatic carbocycles. The fourth-order valence-electron chi connectivity index (χ4n) is 3.02. The quantitative estimate of drug-likeness (QED) is 0.931. The number of hydrogen-bond donors (Lipinski definition) is 1. The van der Waals surface area contributed by atoms with Gasteiger partial charge in [0.05, 0.1) is 5.69 Å². The molecule has 1 N–H and O–H groups in total. The Morgan fingerprint density at radius 1 is 1.14 bits per heavy atom. The number of piperazine rings is 1. The van der Waals surface area contributed by atoms with Crippen LogP contribution in [0.1, 0.15) is 12.6 Å². The zero-order chi connectivity index (χ0) is 14.7. The first-order chi connectivity index (χ1) is 10.3. The summed E-state index contributed by atoms with van der Waals surface area (Å²) in [6.07, 6.45) is 0. The number of likely N-dealkylation sites (N-methyl/N-ethyl adjacent to an activating group) is 1. The molecule has 0 saturated carbocycles. The third-order valence-electron chi connectivity index (χ3n) is 4.25. The molecular formula is C17H24N4. The standard InChI is InChI=1S/C17H24N4/c1-3-20-8-10-21(11-9-20)17-16-7-5-4-6-14(16)12-15(19-17)13-18-2/h4-7,12,18H,3,8-11,13H2,1-2H3. The summed E-state index contributed by atoms with van der Waals surface area (Å²) in [6.45, 7) is 8.57. The second-order valence-corrected chi connectivity index (χ2v) is 5.61. The van der Waals surface area contributed by atoms with Crippen LogP contribution in [-0.4, -0.2) is 49.7 Å². The number of rotatable bonds is 4. The average Bonchev–Trinajstić information content (AvgIpc) is 2.54. The van der Waals surface area contributed by atoms with E-state index in [-0.39, 0.29) is 0 Å². The summed E-state index contributed by atoms with van der Waals surface area (Å²) in [6, 6.07) is 10.8. The molecule has 0 unspecified atom stereocenters. The van der Waals surface area contributed by atoms with Crippen molar-refractivity contribution in [1.82, 2.24) is 15.2 Å². The molecule has 0 atom stereocenters. The number of aromatic nitrogens is 1. The van der Waals surface area contributed by atoms with Crippen LogP contribution in [0.5, 0.6) is 0 Å². The maximum Gasteiger partial charge on any atom is 0.136 e. The van der Waals surface area contributed by atoms with Gasteiger partial charge in [0, 0.05) is 38.1 Å². The molecule has 4 nitrogen and oxygen atoms in total. The Balaban J connectivity index is 1.96. The fraction of sp³-hybridized carbons (Fsp3) is 0.471. The van der Waals surface area contributed by atoms with Gasteiger partial charge in [-0.1, -0.05) is 31.2 Å². The number of anilines is 1. The number of hydrogen-bond acceptors (Lipinski definition) is 4. The van der Waals surface area contributed by atoms with E-state index in [4.69, 9.17) is 4.98 Å². The highest BCUT2D eigenvalue weighted by Crippen LogP contribution is 2.26. The molecule has 0 radical (unpaired) electrons. The van der Waals surface area contributed by atoms with Crippen LogP contribution >= 0.6 is 0 Å². The predicted molar refractivity (Wildman–Crippen MR) is 88.8 cm³/mol. The summed E-state index contributed by atoms with van der Waals surface area (Å²) in [5.41, 5.74) is 1.11. The minimum absolute atomic E-state index is 0.812. The molecule has 1 aromatic heterocycles. The van der Waals surface area contributed by atoms with Crippen LogP contribution < -0.4 is 10.2 Å². The maximum atomic E-state index is 4.91. The van der Waals surface area contributed by atoms with Crippen LogP contribution in [0.15, 0.2) is 30.3 Å². The highest BCUT2D eigenvalue weighted by molar-refractivity contribution is 5.92. The Labute approximate surface area is 126 Å². The zero-order valence-electron chi connectivity index (χ0n) is 13.0. The predicted octanol–water partition coefficient (Wildman–Crippen LogP) is 2.10. The number of pyridine rings is 1. The Kier molecular flexibility index (Phi) is 4.36. The fourth-order valence-corrected chi connectivity index (χ4v) is 3.02. The number of nitrogens with one attached hydrogen (secondary N) is 1. The van der Waals surface area contributed by atoms with Crippen molar-refractivity contribution < 1.29 is 0 Å². The van der Waals surface area contributed by atoms with Crippen LogP contribution in [0.3, 0.4) is 0 Å². The van der Waals surface area contributed by atoms with Gasteiger partial charge in [-0.15, -0.1) is 0 Å². The van der Waals surface area contributed by atoms with Crippen molar-refractivity contribution in [3.05, 3.63) is 36.0 Å². The van der Waals surface area contributed by atoms with Gasteiger partial charge in [0.2, 0.25) is 0 Å². The van der Waals surface area contributed by atoms with Crippen LogP contribution in [0.25, 0.3) is 10.8 Å². The first-order valence-corrected chi connectivity index (χ1v) is 7.82. The summed E-state index contributed by atoms with van der Waals surface area (Å²) in [4.78, 5) is 9.84. The van der Waals surface area contributed by atoms with E-state index in [0.29, 0.717) is 0 Å². The molecular weight excluding hydrogens is 260 g/mol. The van der Waals surface area contributed by atoms with Gasteiger partial charge < -0.3 is 15.1 Å².